The first-order valence-electron chi connectivity index (χ1n) is 8.64. The van der Waals surface area contributed by atoms with E-state index in [0.29, 0.717) is 12.6 Å². The van der Waals surface area contributed by atoms with Crippen molar-refractivity contribution >= 4 is 6.09 Å². The molecule has 0 aromatic rings. The Morgan fingerprint density at radius 2 is 2.09 bits per heavy atom. The Morgan fingerprint density at radius 1 is 1.41 bits per heavy atom. The van der Waals surface area contributed by atoms with Crippen LogP contribution in [0.25, 0.3) is 0 Å². The molecule has 4 heteroatoms. The molecule has 1 aliphatic carbocycles. The number of carbonyl (C=O) groups is 1. The van der Waals surface area contributed by atoms with Crippen LogP contribution < -0.4 is 5.32 Å². The Kier molecular flexibility index (Phi) is 5.54. The molecule has 1 heterocycles. The number of nitrogens with one attached hydrogen (secondary N) is 1. The van der Waals surface area contributed by atoms with E-state index < -0.39 is 5.60 Å². The zero-order chi connectivity index (χ0) is 16.3. The molecule has 0 spiro atoms. The van der Waals surface area contributed by atoms with Gasteiger partial charge in [-0.1, -0.05) is 25.5 Å². The lowest BCUT2D eigenvalue weighted by Crippen LogP contribution is -2.44. The molecule has 126 valence electrons. The van der Waals surface area contributed by atoms with E-state index in [4.69, 9.17) is 4.74 Å². The molecule has 2 rings (SSSR count). The Hall–Kier alpha value is -1.03. The molecule has 1 fully saturated rings. The van der Waals surface area contributed by atoms with E-state index in [-0.39, 0.29) is 6.09 Å². The normalized spacial score (nSPS) is 25.7. The summed E-state index contributed by atoms with van der Waals surface area (Å²) in [4.78, 5) is 13.8. The summed E-state index contributed by atoms with van der Waals surface area (Å²) in [7, 11) is 0. The number of amides is 1. The highest BCUT2D eigenvalue weighted by molar-refractivity contribution is 5.68. The van der Waals surface area contributed by atoms with Gasteiger partial charge in [0.1, 0.15) is 5.60 Å². The number of carbonyl (C=O) groups excluding carboxylic acids is 1. The lowest BCUT2D eigenvalue weighted by Gasteiger charge is -2.39. The van der Waals surface area contributed by atoms with Crippen molar-refractivity contribution in [2.75, 3.05) is 19.6 Å². The van der Waals surface area contributed by atoms with E-state index in [2.05, 4.69) is 25.2 Å². The first kappa shape index (κ1) is 17.3. The molecule has 1 aliphatic heterocycles. The second-order valence-corrected chi connectivity index (χ2v) is 8.09. The van der Waals surface area contributed by atoms with Crippen molar-refractivity contribution in [2.24, 2.45) is 11.8 Å². The van der Waals surface area contributed by atoms with E-state index in [0.717, 1.165) is 31.3 Å². The average molecular weight is 308 g/mol. The topological polar surface area (TPSA) is 41.6 Å². The fraction of sp³-hybridized carbons (Fsp3) is 0.833. The molecule has 2 aliphatic rings. The van der Waals surface area contributed by atoms with Gasteiger partial charge in [0.2, 0.25) is 0 Å². The predicted molar refractivity (Wildman–Crippen MR) is 89.9 cm³/mol. The van der Waals surface area contributed by atoms with Crippen LogP contribution in [0.4, 0.5) is 4.79 Å². The molecule has 1 saturated carbocycles. The lowest BCUT2D eigenvalue weighted by molar-refractivity contribution is 0.0265. The molecule has 0 saturated heterocycles. The number of ether oxygens (including phenoxy) is 1. The summed E-state index contributed by atoms with van der Waals surface area (Å²) >= 11 is 0. The molecule has 0 atom stereocenters. The first-order chi connectivity index (χ1) is 10.2. The molecule has 1 amide bonds. The van der Waals surface area contributed by atoms with Crippen LogP contribution in [0, 0.1) is 11.8 Å². The molecule has 0 aromatic carbocycles. The van der Waals surface area contributed by atoms with Gasteiger partial charge in [-0.3, -0.25) is 0 Å². The number of hydrogen-bond donors (Lipinski definition) is 1. The summed E-state index contributed by atoms with van der Waals surface area (Å²) in [6, 6.07) is 0.692. The average Bonchev–Trinajstić information content (AvgIpc) is 2.35. The predicted octanol–water partition coefficient (Wildman–Crippen LogP) is 3.58. The maximum absolute atomic E-state index is 12.0. The van der Waals surface area contributed by atoms with Crippen molar-refractivity contribution in [3.8, 4) is 0 Å². The molecule has 4 nitrogen and oxygen atoms in total. The number of rotatable bonds is 4. The van der Waals surface area contributed by atoms with Crippen LogP contribution >= 0.6 is 0 Å². The second-order valence-electron chi connectivity index (χ2n) is 8.09. The maximum atomic E-state index is 12.0. The van der Waals surface area contributed by atoms with Gasteiger partial charge in [0, 0.05) is 25.7 Å². The highest BCUT2D eigenvalue weighted by Gasteiger charge is 2.31. The highest BCUT2D eigenvalue weighted by atomic mass is 16.6. The van der Waals surface area contributed by atoms with Gasteiger partial charge in [0.15, 0.2) is 0 Å². The van der Waals surface area contributed by atoms with Gasteiger partial charge in [0.05, 0.1) is 0 Å². The van der Waals surface area contributed by atoms with Crippen LogP contribution in [0.1, 0.15) is 53.9 Å². The van der Waals surface area contributed by atoms with Gasteiger partial charge in [0.25, 0.3) is 0 Å². The third-order valence-electron chi connectivity index (χ3n) is 4.69. The van der Waals surface area contributed by atoms with E-state index in [1.807, 2.05) is 20.8 Å². The fourth-order valence-corrected chi connectivity index (χ4v) is 3.01. The van der Waals surface area contributed by atoms with E-state index in [1.54, 1.807) is 4.90 Å². The maximum Gasteiger partial charge on any atom is 0.410 e. The number of hydrogen-bond acceptors (Lipinski definition) is 3. The zero-order valence-electron chi connectivity index (χ0n) is 14.8. The molecule has 22 heavy (non-hydrogen) atoms. The Balaban J connectivity index is 1.68. The number of nitrogens with zero attached hydrogens (tertiary/aromatic N) is 1. The first-order valence-corrected chi connectivity index (χ1v) is 8.64. The Bertz CT molecular complexity index is 417. The van der Waals surface area contributed by atoms with Crippen LogP contribution in [0.5, 0.6) is 0 Å². The van der Waals surface area contributed by atoms with E-state index >= 15 is 0 Å². The minimum absolute atomic E-state index is 0.200. The molecular weight excluding hydrogens is 276 g/mol. The third-order valence-corrected chi connectivity index (χ3v) is 4.69. The van der Waals surface area contributed by atoms with Gasteiger partial charge in [-0.15, -0.1) is 0 Å². The summed E-state index contributed by atoms with van der Waals surface area (Å²) in [5.74, 6) is 1.72. The standard InChI is InChI=1S/C18H32N2O2/c1-13(2)15-10-16(11-15)19-12-14-6-8-20(9-7-14)17(21)22-18(3,4)5/h6,13,15-16,19H,7-12H2,1-5H3. The Morgan fingerprint density at radius 3 is 2.59 bits per heavy atom. The highest BCUT2D eigenvalue weighted by Crippen LogP contribution is 2.33. The van der Waals surface area contributed by atoms with Gasteiger partial charge in [-0.2, -0.15) is 0 Å². The molecule has 0 aromatic heterocycles. The third kappa shape index (κ3) is 5.01. The van der Waals surface area contributed by atoms with Gasteiger partial charge in [-0.05, 0) is 51.9 Å². The molecule has 0 radical (unpaired) electrons. The summed E-state index contributed by atoms with van der Waals surface area (Å²) in [5.41, 5.74) is 1.01. The second kappa shape index (κ2) is 7.03. The monoisotopic (exact) mass is 308 g/mol. The fourth-order valence-electron chi connectivity index (χ4n) is 3.01. The van der Waals surface area contributed by atoms with Gasteiger partial charge >= 0.3 is 6.09 Å². The molecule has 0 bridgehead atoms. The minimum atomic E-state index is -0.417. The van der Waals surface area contributed by atoms with Crippen LogP contribution in [0.3, 0.4) is 0 Å². The van der Waals surface area contributed by atoms with Gasteiger partial charge in [-0.25, -0.2) is 4.79 Å². The summed E-state index contributed by atoms with van der Waals surface area (Å²) in [6.45, 7) is 12.8. The van der Waals surface area contributed by atoms with Crippen molar-refractivity contribution in [3.63, 3.8) is 0 Å². The zero-order valence-corrected chi connectivity index (χ0v) is 14.8. The molecular formula is C18H32N2O2. The van der Waals surface area contributed by atoms with Crippen molar-refractivity contribution in [3.05, 3.63) is 11.6 Å². The van der Waals surface area contributed by atoms with Crippen LogP contribution in [-0.4, -0.2) is 42.3 Å². The van der Waals surface area contributed by atoms with Crippen LogP contribution in [0.15, 0.2) is 11.6 Å². The summed E-state index contributed by atoms with van der Waals surface area (Å²) < 4.78 is 5.41. The van der Waals surface area contributed by atoms with Crippen molar-refractivity contribution in [2.45, 2.75) is 65.5 Å². The smallest absolute Gasteiger partial charge is 0.410 e. The van der Waals surface area contributed by atoms with Crippen molar-refractivity contribution in [1.82, 2.24) is 10.2 Å². The molecule has 0 unspecified atom stereocenters. The van der Waals surface area contributed by atoms with Gasteiger partial charge < -0.3 is 15.0 Å². The lowest BCUT2D eigenvalue weighted by atomic mass is 9.73. The van der Waals surface area contributed by atoms with E-state index in [1.165, 1.54) is 18.4 Å². The van der Waals surface area contributed by atoms with Crippen LogP contribution in [0.2, 0.25) is 0 Å². The Labute approximate surface area is 135 Å². The summed E-state index contributed by atoms with van der Waals surface area (Å²) in [6.07, 6.45) is 5.56. The summed E-state index contributed by atoms with van der Waals surface area (Å²) in [5, 5.41) is 3.65. The quantitative estimate of drug-likeness (QED) is 0.807. The van der Waals surface area contributed by atoms with E-state index in [9.17, 15) is 4.79 Å². The SMILES string of the molecule is CC(C)C1CC(NCC2=CCN(C(=O)OC(C)(C)C)CC2)C1. The van der Waals surface area contributed by atoms with Crippen LogP contribution in [-0.2, 0) is 4.74 Å². The van der Waals surface area contributed by atoms with Crippen molar-refractivity contribution in [1.29, 1.82) is 0 Å². The largest absolute Gasteiger partial charge is 0.444 e. The molecule has 1 N–H and O–H groups in total. The van der Waals surface area contributed by atoms with Crippen molar-refractivity contribution < 1.29 is 9.53 Å². The minimum Gasteiger partial charge on any atom is -0.444 e.